The summed E-state index contributed by atoms with van der Waals surface area (Å²) in [6.07, 6.45) is 4.52. The minimum Gasteiger partial charge on any atom is -0.463 e. The molecule has 1 aromatic heterocycles. The van der Waals surface area contributed by atoms with Crippen LogP contribution in [0.15, 0.2) is 23.1 Å². The molecule has 4 nitrogen and oxygen atoms in total. The van der Waals surface area contributed by atoms with Gasteiger partial charge in [-0.15, -0.1) is 6.58 Å². The summed E-state index contributed by atoms with van der Waals surface area (Å²) in [5.41, 5.74) is 1.23. The number of methoxy groups -OCH3 is 1. The standard InChI is InChI=1S/C16H26N2O2/c1-4-7-18(8-9-19-3)12-15-10-13(2)16(20-15)11-17-14-5-6-14/h4,10,14,17H,1,5-9,11-12H2,2-3H3. The molecule has 1 aliphatic rings. The van der Waals surface area contributed by atoms with Crippen molar-refractivity contribution in [1.29, 1.82) is 0 Å². The highest BCUT2D eigenvalue weighted by molar-refractivity contribution is 5.20. The van der Waals surface area contributed by atoms with Crippen molar-refractivity contribution in [3.05, 3.63) is 35.8 Å². The fraction of sp³-hybridized carbons (Fsp3) is 0.625. The van der Waals surface area contributed by atoms with Crippen LogP contribution in [0.3, 0.4) is 0 Å². The van der Waals surface area contributed by atoms with Gasteiger partial charge in [0, 0.05) is 26.2 Å². The molecule has 0 aliphatic heterocycles. The Hall–Kier alpha value is -1.10. The number of furan rings is 1. The monoisotopic (exact) mass is 278 g/mol. The minimum absolute atomic E-state index is 0.710. The molecule has 1 saturated carbocycles. The van der Waals surface area contributed by atoms with Gasteiger partial charge in [0.2, 0.25) is 0 Å². The summed E-state index contributed by atoms with van der Waals surface area (Å²) in [5, 5.41) is 3.50. The minimum atomic E-state index is 0.710. The molecule has 1 heterocycles. The summed E-state index contributed by atoms with van der Waals surface area (Å²) in [6, 6.07) is 2.86. The molecule has 0 saturated heterocycles. The van der Waals surface area contributed by atoms with E-state index in [4.69, 9.17) is 9.15 Å². The Bertz CT molecular complexity index is 424. The average molecular weight is 278 g/mol. The summed E-state index contributed by atoms with van der Waals surface area (Å²) in [6.45, 7) is 10.0. The Morgan fingerprint density at radius 3 is 3.00 bits per heavy atom. The Morgan fingerprint density at radius 2 is 2.35 bits per heavy atom. The molecule has 4 heteroatoms. The molecular weight excluding hydrogens is 252 g/mol. The number of hydrogen-bond donors (Lipinski definition) is 1. The van der Waals surface area contributed by atoms with Gasteiger partial charge in [-0.3, -0.25) is 4.90 Å². The van der Waals surface area contributed by atoms with E-state index in [1.807, 2.05) is 6.08 Å². The molecule has 0 spiro atoms. The second-order valence-electron chi connectivity index (χ2n) is 5.49. The molecule has 0 radical (unpaired) electrons. The second kappa shape index (κ2) is 7.62. The second-order valence-corrected chi connectivity index (χ2v) is 5.49. The highest BCUT2D eigenvalue weighted by atomic mass is 16.5. The van der Waals surface area contributed by atoms with Crippen molar-refractivity contribution in [3.63, 3.8) is 0 Å². The van der Waals surface area contributed by atoms with Gasteiger partial charge < -0.3 is 14.5 Å². The summed E-state index contributed by atoms with van der Waals surface area (Å²) in [4.78, 5) is 2.27. The van der Waals surface area contributed by atoms with Gasteiger partial charge in [0.05, 0.1) is 19.7 Å². The third kappa shape index (κ3) is 4.78. The van der Waals surface area contributed by atoms with Crippen LogP contribution in [0.1, 0.15) is 29.9 Å². The molecule has 1 aromatic rings. The lowest BCUT2D eigenvalue weighted by Crippen LogP contribution is -2.26. The van der Waals surface area contributed by atoms with Crippen LogP contribution in [0.4, 0.5) is 0 Å². The van der Waals surface area contributed by atoms with E-state index in [1.54, 1.807) is 7.11 Å². The maximum Gasteiger partial charge on any atom is 0.120 e. The Balaban J connectivity index is 1.88. The number of ether oxygens (including phenoxy) is 1. The lowest BCUT2D eigenvalue weighted by Gasteiger charge is -2.18. The number of aryl methyl sites for hydroxylation is 1. The van der Waals surface area contributed by atoms with Crippen LogP contribution in [0.5, 0.6) is 0 Å². The van der Waals surface area contributed by atoms with Gasteiger partial charge >= 0.3 is 0 Å². The first kappa shape index (κ1) is 15.3. The fourth-order valence-corrected chi connectivity index (χ4v) is 2.23. The van der Waals surface area contributed by atoms with Crippen LogP contribution < -0.4 is 5.32 Å². The molecule has 20 heavy (non-hydrogen) atoms. The highest BCUT2D eigenvalue weighted by Crippen LogP contribution is 2.21. The summed E-state index contributed by atoms with van der Waals surface area (Å²) in [7, 11) is 1.73. The first-order valence-corrected chi connectivity index (χ1v) is 7.36. The summed E-state index contributed by atoms with van der Waals surface area (Å²) < 4.78 is 11.1. The number of rotatable bonds is 10. The zero-order valence-electron chi connectivity index (χ0n) is 12.7. The van der Waals surface area contributed by atoms with Gasteiger partial charge in [0.1, 0.15) is 11.5 Å². The topological polar surface area (TPSA) is 37.6 Å². The molecule has 0 aromatic carbocycles. The van der Waals surface area contributed by atoms with Gasteiger partial charge in [-0.2, -0.15) is 0 Å². The van der Waals surface area contributed by atoms with Crippen molar-refractivity contribution < 1.29 is 9.15 Å². The van der Waals surface area contributed by atoms with E-state index < -0.39 is 0 Å². The molecule has 0 bridgehead atoms. The van der Waals surface area contributed by atoms with Gasteiger partial charge in [0.25, 0.3) is 0 Å². The van der Waals surface area contributed by atoms with Crippen molar-refractivity contribution in [2.75, 3.05) is 26.8 Å². The van der Waals surface area contributed by atoms with Gasteiger partial charge in [-0.05, 0) is 31.4 Å². The van der Waals surface area contributed by atoms with Crippen molar-refractivity contribution in [2.24, 2.45) is 0 Å². The van der Waals surface area contributed by atoms with E-state index >= 15 is 0 Å². The zero-order chi connectivity index (χ0) is 14.4. The molecule has 0 atom stereocenters. The van der Waals surface area contributed by atoms with Crippen molar-refractivity contribution >= 4 is 0 Å². The van der Waals surface area contributed by atoms with Crippen LogP contribution in [0.25, 0.3) is 0 Å². The molecule has 1 fully saturated rings. The SMILES string of the molecule is C=CCN(CCOC)Cc1cc(C)c(CNC2CC2)o1. The summed E-state index contributed by atoms with van der Waals surface area (Å²) in [5.74, 6) is 2.09. The first-order valence-electron chi connectivity index (χ1n) is 7.36. The molecule has 112 valence electrons. The largest absolute Gasteiger partial charge is 0.463 e. The molecule has 1 N–H and O–H groups in total. The van der Waals surface area contributed by atoms with Crippen LogP contribution in [0.2, 0.25) is 0 Å². The number of nitrogens with zero attached hydrogens (tertiary/aromatic N) is 1. The zero-order valence-corrected chi connectivity index (χ0v) is 12.7. The maximum absolute atomic E-state index is 5.97. The van der Waals surface area contributed by atoms with E-state index in [1.165, 1.54) is 18.4 Å². The van der Waals surface area contributed by atoms with Crippen LogP contribution in [-0.2, 0) is 17.8 Å². The normalized spacial score (nSPS) is 14.9. The van der Waals surface area contributed by atoms with Gasteiger partial charge in [0.15, 0.2) is 0 Å². The Morgan fingerprint density at radius 1 is 1.55 bits per heavy atom. The molecule has 1 aliphatic carbocycles. The molecular formula is C16H26N2O2. The Labute approximate surface area is 121 Å². The van der Waals surface area contributed by atoms with Crippen LogP contribution in [0, 0.1) is 6.92 Å². The predicted molar refractivity (Wildman–Crippen MR) is 80.7 cm³/mol. The van der Waals surface area contributed by atoms with Crippen LogP contribution >= 0.6 is 0 Å². The van der Waals surface area contributed by atoms with E-state index in [0.29, 0.717) is 6.04 Å². The average Bonchev–Trinajstić information content (AvgIpc) is 3.19. The Kier molecular flexibility index (Phi) is 5.83. The molecule has 0 unspecified atom stereocenters. The molecule has 0 amide bonds. The van der Waals surface area contributed by atoms with E-state index in [2.05, 4.69) is 29.8 Å². The first-order chi connectivity index (χ1) is 9.72. The predicted octanol–water partition coefficient (Wildman–Crippen LogP) is 2.47. The quantitative estimate of drug-likeness (QED) is 0.667. The van der Waals surface area contributed by atoms with E-state index in [9.17, 15) is 0 Å². The van der Waals surface area contributed by atoms with Gasteiger partial charge in [-0.1, -0.05) is 6.08 Å². The van der Waals surface area contributed by atoms with Crippen molar-refractivity contribution in [1.82, 2.24) is 10.2 Å². The number of hydrogen-bond acceptors (Lipinski definition) is 4. The van der Waals surface area contributed by atoms with E-state index in [-0.39, 0.29) is 0 Å². The van der Waals surface area contributed by atoms with E-state index in [0.717, 1.165) is 44.3 Å². The fourth-order valence-electron chi connectivity index (χ4n) is 2.23. The lowest BCUT2D eigenvalue weighted by atomic mass is 10.2. The van der Waals surface area contributed by atoms with Crippen molar-refractivity contribution in [3.8, 4) is 0 Å². The number of nitrogens with one attached hydrogen (secondary N) is 1. The highest BCUT2D eigenvalue weighted by Gasteiger charge is 2.21. The lowest BCUT2D eigenvalue weighted by molar-refractivity contribution is 0.146. The summed E-state index contributed by atoms with van der Waals surface area (Å²) >= 11 is 0. The van der Waals surface area contributed by atoms with Gasteiger partial charge in [-0.25, -0.2) is 0 Å². The maximum atomic E-state index is 5.97. The third-order valence-corrected chi connectivity index (χ3v) is 3.58. The smallest absolute Gasteiger partial charge is 0.120 e. The molecule has 2 rings (SSSR count). The van der Waals surface area contributed by atoms with Crippen molar-refractivity contribution in [2.45, 2.75) is 38.9 Å². The van der Waals surface area contributed by atoms with Crippen LogP contribution in [-0.4, -0.2) is 37.7 Å². The third-order valence-electron chi connectivity index (χ3n) is 3.58.